The molecule has 1 amide bonds. The van der Waals surface area contributed by atoms with E-state index >= 15 is 0 Å². The SMILES string of the molecule is CC1C(=O)N(C2CCCCC2)N=C1Cn1ccnc1. The van der Waals surface area contributed by atoms with Gasteiger partial charge in [-0.3, -0.25) is 4.79 Å². The van der Waals surface area contributed by atoms with Gasteiger partial charge < -0.3 is 4.57 Å². The Kier molecular flexibility index (Phi) is 3.36. The van der Waals surface area contributed by atoms with E-state index in [-0.39, 0.29) is 11.8 Å². The second-order valence-electron chi connectivity index (χ2n) is 5.52. The van der Waals surface area contributed by atoms with Crippen molar-refractivity contribution in [2.24, 2.45) is 11.0 Å². The predicted molar refractivity (Wildman–Crippen MR) is 72.5 cm³/mol. The van der Waals surface area contributed by atoms with Crippen LogP contribution in [0, 0.1) is 5.92 Å². The molecule has 0 aromatic carbocycles. The van der Waals surface area contributed by atoms with Crippen molar-refractivity contribution in [3.05, 3.63) is 18.7 Å². The number of hydrogen-bond donors (Lipinski definition) is 0. The summed E-state index contributed by atoms with van der Waals surface area (Å²) in [6.07, 6.45) is 11.3. The second kappa shape index (κ2) is 5.15. The largest absolute Gasteiger partial charge is 0.332 e. The van der Waals surface area contributed by atoms with Crippen LogP contribution in [0.5, 0.6) is 0 Å². The summed E-state index contributed by atoms with van der Waals surface area (Å²) >= 11 is 0. The molecule has 0 bridgehead atoms. The fourth-order valence-electron chi connectivity index (χ4n) is 2.94. The molecule has 102 valence electrons. The van der Waals surface area contributed by atoms with Crippen LogP contribution in [0.25, 0.3) is 0 Å². The zero-order valence-electron chi connectivity index (χ0n) is 11.3. The number of nitrogens with zero attached hydrogens (tertiary/aromatic N) is 4. The number of imidazole rings is 1. The molecule has 5 heteroatoms. The highest BCUT2D eigenvalue weighted by atomic mass is 16.2. The van der Waals surface area contributed by atoms with Crippen molar-refractivity contribution < 1.29 is 4.79 Å². The molecule has 1 atom stereocenters. The van der Waals surface area contributed by atoms with E-state index in [9.17, 15) is 4.79 Å². The highest BCUT2D eigenvalue weighted by molar-refractivity contribution is 6.07. The minimum atomic E-state index is -0.0932. The summed E-state index contributed by atoms with van der Waals surface area (Å²) in [7, 11) is 0. The average molecular weight is 260 g/mol. The lowest BCUT2D eigenvalue weighted by Crippen LogP contribution is -2.36. The number of amides is 1. The quantitative estimate of drug-likeness (QED) is 0.835. The zero-order valence-corrected chi connectivity index (χ0v) is 11.3. The van der Waals surface area contributed by atoms with E-state index in [1.54, 1.807) is 17.5 Å². The Labute approximate surface area is 113 Å². The van der Waals surface area contributed by atoms with Crippen LogP contribution in [0.4, 0.5) is 0 Å². The summed E-state index contributed by atoms with van der Waals surface area (Å²) in [6.45, 7) is 2.62. The van der Waals surface area contributed by atoms with E-state index in [0.29, 0.717) is 12.6 Å². The molecule has 1 saturated carbocycles. The Morgan fingerprint density at radius 1 is 1.32 bits per heavy atom. The minimum absolute atomic E-state index is 0.0932. The maximum atomic E-state index is 12.3. The van der Waals surface area contributed by atoms with Gasteiger partial charge in [-0.15, -0.1) is 0 Å². The van der Waals surface area contributed by atoms with Gasteiger partial charge in [0.05, 0.1) is 30.5 Å². The Morgan fingerprint density at radius 3 is 2.79 bits per heavy atom. The molecule has 1 aliphatic heterocycles. The molecule has 0 radical (unpaired) electrons. The Morgan fingerprint density at radius 2 is 2.11 bits per heavy atom. The number of hydrazone groups is 1. The molecule has 1 aromatic rings. The van der Waals surface area contributed by atoms with Crippen LogP contribution in [0.15, 0.2) is 23.8 Å². The van der Waals surface area contributed by atoms with E-state index in [1.165, 1.54) is 19.3 Å². The van der Waals surface area contributed by atoms with Crippen molar-refractivity contribution >= 4 is 11.6 Å². The lowest BCUT2D eigenvalue weighted by molar-refractivity contribution is -0.134. The van der Waals surface area contributed by atoms with Gasteiger partial charge >= 0.3 is 0 Å². The molecule has 2 aliphatic rings. The van der Waals surface area contributed by atoms with Gasteiger partial charge in [0.2, 0.25) is 0 Å². The van der Waals surface area contributed by atoms with Crippen LogP contribution in [0.3, 0.4) is 0 Å². The first-order valence-electron chi connectivity index (χ1n) is 7.12. The molecule has 2 heterocycles. The van der Waals surface area contributed by atoms with Gasteiger partial charge in [0.15, 0.2) is 0 Å². The van der Waals surface area contributed by atoms with Gasteiger partial charge in [-0.1, -0.05) is 19.3 Å². The van der Waals surface area contributed by atoms with Crippen LogP contribution in [-0.4, -0.2) is 32.2 Å². The topological polar surface area (TPSA) is 50.5 Å². The number of rotatable bonds is 3. The standard InChI is InChI=1S/C14H20N4O/c1-11-13(9-17-8-7-15-10-17)16-18(14(11)19)12-5-3-2-4-6-12/h7-8,10-12H,2-6,9H2,1H3. The summed E-state index contributed by atoms with van der Waals surface area (Å²) in [5.74, 6) is 0.0753. The summed E-state index contributed by atoms with van der Waals surface area (Å²) in [4.78, 5) is 16.4. The monoisotopic (exact) mass is 260 g/mol. The third-order valence-electron chi connectivity index (χ3n) is 4.16. The summed E-state index contributed by atoms with van der Waals surface area (Å²) in [5.41, 5.74) is 0.952. The summed E-state index contributed by atoms with van der Waals surface area (Å²) < 4.78 is 1.97. The fraction of sp³-hybridized carbons (Fsp3) is 0.643. The number of hydrogen-bond acceptors (Lipinski definition) is 3. The van der Waals surface area contributed by atoms with Crippen LogP contribution in [-0.2, 0) is 11.3 Å². The number of carbonyl (C=O) groups is 1. The normalized spacial score (nSPS) is 24.9. The van der Waals surface area contributed by atoms with E-state index in [1.807, 2.05) is 17.7 Å². The zero-order chi connectivity index (χ0) is 13.2. The molecule has 3 rings (SSSR count). The van der Waals surface area contributed by atoms with E-state index in [4.69, 9.17) is 0 Å². The highest BCUT2D eigenvalue weighted by Gasteiger charge is 2.36. The first kappa shape index (κ1) is 12.4. The minimum Gasteiger partial charge on any atom is -0.332 e. The van der Waals surface area contributed by atoms with Crippen molar-refractivity contribution in [3.8, 4) is 0 Å². The van der Waals surface area contributed by atoms with Crippen LogP contribution in [0.2, 0.25) is 0 Å². The molecule has 1 aliphatic carbocycles. The van der Waals surface area contributed by atoms with Gasteiger partial charge in [-0.05, 0) is 19.8 Å². The Hall–Kier alpha value is -1.65. The third-order valence-corrected chi connectivity index (χ3v) is 4.16. The molecule has 1 aromatic heterocycles. The van der Waals surface area contributed by atoms with Crippen molar-refractivity contribution in [2.75, 3.05) is 0 Å². The summed E-state index contributed by atoms with van der Waals surface area (Å²) in [6, 6.07) is 0.323. The molecule has 19 heavy (non-hydrogen) atoms. The van der Waals surface area contributed by atoms with Crippen LogP contribution >= 0.6 is 0 Å². The molecule has 0 N–H and O–H groups in total. The first-order valence-corrected chi connectivity index (χ1v) is 7.12. The maximum absolute atomic E-state index is 12.3. The van der Waals surface area contributed by atoms with E-state index < -0.39 is 0 Å². The van der Waals surface area contributed by atoms with Gasteiger partial charge in [0.1, 0.15) is 0 Å². The van der Waals surface area contributed by atoms with Crippen molar-refractivity contribution in [2.45, 2.75) is 51.6 Å². The molecule has 1 unspecified atom stereocenters. The summed E-state index contributed by atoms with van der Waals surface area (Å²) in [5, 5.41) is 6.36. The first-order chi connectivity index (χ1) is 9.25. The van der Waals surface area contributed by atoms with Crippen LogP contribution < -0.4 is 0 Å². The third kappa shape index (κ3) is 2.41. The Balaban J connectivity index is 1.74. The number of aromatic nitrogens is 2. The van der Waals surface area contributed by atoms with E-state index in [0.717, 1.165) is 18.6 Å². The predicted octanol–water partition coefficient (Wildman–Crippen LogP) is 2.05. The molecule has 0 saturated heterocycles. The molecular weight excluding hydrogens is 240 g/mol. The van der Waals surface area contributed by atoms with Crippen molar-refractivity contribution in [1.29, 1.82) is 0 Å². The molecule has 5 nitrogen and oxygen atoms in total. The fourth-order valence-corrected chi connectivity index (χ4v) is 2.94. The smallest absolute Gasteiger partial charge is 0.251 e. The molecule has 1 fully saturated rings. The van der Waals surface area contributed by atoms with Gasteiger partial charge in [0.25, 0.3) is 5.91 Å². The second-order valence-corrected chi connectivity index (χ2v) is 5.52. The molecule has 0 spiro atoms. The lowest BCUT2D eigenvalue weighted by atomic mass is 9.94. The van der Waals surface area contributed by atoms with E-state index in [2.05, 4.69) is 10.1 Å². The van der Waals surface area contributed by atoms with Crippen molar-refractivity contribution in [3.63, 3.8) is 0 Å². The van der Waals surface area contributed by atoms with Crippen molar-refractivity contribution in [1.82, 2.24) is 14.6 Å². The van der Waals surface area contributed by atoms with Gasteiger partial charge in [0, 0.05) is 12.4 Å². The van der Waals surface area contributed by atoms with Crippen LogP contribution in [0.1, 0.15) is 39.0 Å². The van der Waals surface area contributed by atoms with Gasteiger partial charge in [-0.2, -0.15) is 5.10 Å². The van der Waals surface area contributed by atoms with Gasteiger partial charge in [-0.25, -0.2) is 9.99 Å². The number of carbonyl (C=O) groups excluding carboxylic acids is 1. The Bertz CT molecular complexity index is 474. The highest BCUT2D eigenvalue weighted by Crippen LogP contribution is 2.28. The molecular formula is C14H20N4O. The maximum Gasteiger partial charge on any atom is 0.251 e. The average Bonchev–Trinajstić information content (AvgIpc) is 3.04. The lowest BCUT2D eigenvalue weighted by Gasteiger charge is -2.28.